The molecule has 1 heterocycles. The first-order chi connectivity index (χ1) is 16.4. The minimum absolute atomic E-state index is 0.0896. The maximum absolute atomic E-state index is 15.1. The van der Waals surface area contributed by atoms with Gasteiger partial charge >= 0.3 is 0 Å². The van der Waals surface area contributed by atoms with Crippen LogP contribution < -0.4 is 0 Å². The Kier molecular flexibility index (Phi) is 7.98. The van der Waals surface area contributed by atoms with Crippen LogP contribution in [-0.4, -0.2) is 32.2 Å². The molecule has 0 bridgehead atoms. The van der Waals surface area contributed by atoms with Crippen LogP contribution in [0, 0.1) is 23.3 Å². The number of benzene rings is 3. The number of ether oxygens (including phenoxy) is 3. The summed E-state index contributed by atoms with van der Waals surface area (Å²) in [6, 6.07) is 10.9. The zero-order chi connectivity index (χ0) is 24.1. The van der Waals surface area contributed by atoms with E-state index in [4.69, 9.17) is 14.2 Å². The van der Waals surface area contributed by atoms with Crippen LogP contribution in [0.2, 0.25) is 0 Å². The molecule has 180 valence electrons. The van der Waals surface area contributed by atoms with Gasteiger partial charge < -0.3 is 14.2 Å². The van der Waals surface area contributed by atoms with Crippen LogP contribution in [0.15, 0.2) is 55.1 Å². The number of hydrogen-bond donors (Lipinski definition) is 0. The van der Waals surface area contributed by atoms with Gasteiger partial charge in [-0.15, -0.1) is 6.58 Å². The minimum atomic E-state index is -1.50. The van der Waals surface area contributed by atoms with Gasteiger partial charge in [0.25, 0.3) is 0 Å². The monoisotopic (exact) mass is 474 g/mol. The van der Waals surface area contributed by atoms with E-state index < -0.39 is 17.5 Å². The van der Waals surface area contributed by atoms with E-state index >= 15 is 4.39 Å². The Morgan fingerprint density at radius 3 is 2.29 bits per heavy atom. The molecule has 3 nitrogen and oxygen atoms in total. The van der Waals surface area contributed by atoms with Crippen LogP contribution in [0.5, 0.6) is 0 Å². The van der Waals surface area contributed by atoms with E-state index in [1.54, 1.807) is 18.2 Å². The zero-order valence-corrected chi connectivity index (χ0v) is 18.7. The van der Waals surface area contributed by atoms with Crippen molar-refractivity contribution in [1.82, 2.24) is 0 Å². The summed E-state index contributed by atoms with van der Waals surface area (Å²) < 4.78 is 72.0. The van der Waals surface area contributed by atoms with Gasteiger partial charge in [0.1, 0.15) is 11.9 Å². The van der Waals surface area contributed by atoms with E-state index in [0.29, 0.717) is 43.6 Å². The number of hydrogen-bond acceptors (Lipinski definition) is 3. The number of rotatable bonds is 9. The molecule has 3 aromatic rings. The third-order valence-corrected chi connectivity index (χ3v) is 5.88. The average molecular weight is 474 g/mol. The van der Waals surface area contributed by atoms with E-state index in [-0.39, 0.29) is 36.6 Å². The fourth-order valence-corrected chi connectivity index (χ4v) is 4.04. The Morgan fingerprint density at radius 2 is 1.59 bits per heavy atom. The second-order valence-electron chi connectivity index (χ2n) is 8.35. The molecule has 0 aliphatic carbocycles. The SMILES string of the molecule is C=CCOC1COC(CCc2ccc3c(F)c(CCc4cc(F)c(F)c(F)c4)ccc3c2)OC1. The summed E-state index contributed by atoms with van der Waals surface area (Å²) in [4.78, 5) is 0. The van der Waals surface area contributed by atoms with Crippen molar-refractivity contribution in [3.63, 3.8) is 0 Å². The minimum Gasteiger partial charge on any atom is -0.369 e. The summed E-state index contributed by atoms with van der Waals surface area (Å²) in [5.41, 5.74) is 1.74. The average Bonchev–Trinajstić information content (AvgIpc) is 2.85. The van der Waals surface area contributed by atoms with Crippen molar-refractivity contribution in [2.75, 3.05) is 19.8 Å². The number of aryl methyl sites for hydroxylation is 3. The van der Waals surface area contributed by atoms with Gasteiger partial charge in [0.15, 0.2) is 23.7 Å². The van der Waals surface area contributed by atoms with E-state index in [1.807, 2.05) is 18.2 Å². The predicted octanol–water partition coefficient (Wildman–Crippen LogP) is 6.06. The lowest BCUT2D eigenvalue weighted by Crippen LogP contribution is -2.37. The molecule has 4 rings (SSSR count). The van der Waals surface area contributed by atoms with Crippen molar-refractivity contribution in [1.29, 1.82) is 0 Å². The van der Waals surface area contributed by atoms with Crippen molar-refractivity contribution in [2.24, 2.45) is 0 Å². The van der Waals surface area contributed by atoms with E-state index in [1.165, 1.54) is 0 Å². The number of halogens is 4. The van der Waals surface area contributed by atoms with Crippen LogP contribution >= 0.6 is 0 Å². The number of fused-ring (bicyclic) bond motifs is 1. The molecule has 0 spiro atoms. The fourth-order valence-electron chi connectivity index (χ4n) is 4.04. The topological polar surface area (TPSA) is 27.7 Å². The molecule has 7 heteroatoms. The molecule has 0 amide bonds. The van der Waals surface area contributed by atoms with Crippen molar-refractivity contribution < 1.29 is 31.8 Å². The highest BCUT2D eigenvalue weighted by Gasteiger charge is 2.22. The summed E-state index contributed by atoms with van der Waals surface area (Å²) >= 11 is 0. The van der Waals surface area contributed by atoms with Gasteiger partial charge in [0.05, 0.1) is 19.8 Å². The second kappa shape index (κ2) is 11.1. The molecule has 1 fully saturated rings. The normalized spacial score (nSPS) is 18.4. The molecule has 0 saturated carbocycles. The quantitative estimate of drug-likeness (QED) is 0.214. The highest BCUT2D eigenvalue weighted by Crippen LogP contribution is 2.25. The third-order valence-electron chi connectivity index (χ3n) is 5.88. The van der Waals surface area contributed by atoms with Gasteiger partial charge in [0.2, 0.25) is 0 Å². The summed E-state index contributed by atoms with van der Waals surface area (Å²) in [5.74, 6) is -4.35. The predicted molar refractivity (Wildman–Crippen MR) is 122 cm³/mol. The van der Waals surface area contributed by atoms with E-state index in [0.717, 1.165) is 23.1 Å². The van der Waals surface area contributed by atoms with Crippen molar-refractivity contribution in [3.8, 4) is 0 Å². The molecule has 3 aromatic carbocycles. The molecular weight excluding hydrogens is 448 g/mol. The van der Waals surface area contributed by atoms with Crippen LogP contribution in [0.1, 0.15) is 23.1 Å². The Bertz CT molecular complexity index is 1130. The van der Waals surface area contributed by atoms with E-state index in [9.17, 15) is 13.2 Å². The molecule has 0 atom stereocenters. The highest BCUT2D eigenvalue weighted by atomic mass is 19.2. The largest absolute Gasteiger partial charge is 0.369 e. The van der Waals surface area contributed by atoms with Crippen molar-refractivity contribution in [2.45, 2.75) is 38.1 Å². The smallest absolute Gasteiger partial charge is 0.194 e. The molecule has 1 saturated heterocycles. The van der Waals surface area contributed by atoms with Gasteiger partial charge in [-0.25, -0.2) is 17.6 Å². The molecule has 0 radical (unpaired) electrons. The summed E-state index contributed by atoms with van der Waals surface area (Å²) in [5, 5.41) is 1.24. The molecule has 1 aliphatic heterocycles. The Labute approximate surface area is 195 Å². The third kappa shape index (κ3) is 5.84. The Hall–Kier alpha value is -2.74. The van der Waals surface area contributed by atoms with Gasteiger partial charge in [-0.2, -0.15) is 0 Å². The molecule has 0 aromatic heterocycles. The lowest BCUT2D eigenvalue weighted by atomic mass is 9.98. The zero-order valence-electron chi connectivity index (χ0n) is 18.7. The lowest BCUT2D eigenvalue weighted by molar-refractivity contribution is -0.225. The van der Waals surface area contributed by atoms with Gasteiger partial charge in [-0.05, 0) is 53.5 Å². The van der Waals surface area contributed by atoms with E-state index in [2.05, 4.69) is 6.58 Å². The first-order valence-corrected chi connectivity index (χ1v) is 11.2. The summed E-state index contributed by atoms with van der Waals surface area (Å²) in [6.07, 6.45) is 3.10. The molecule has 0 N–H and O–H groups in total. The standard InChI is InChI=1S/C27H26F4O3/c1-2-11-32-21-15-33-25(34-16-21)10-5-17-4-9-22-20(12-17)8-7-19(26(22)30)6-3-18-13-23(28)27(31)24(29)14-18/h2,4,7-9,12-14,21,25H,1,3,5-6,10-11,15-16H2. The summed E-state index contributed by atoms with van der Waals surface area (Å²) in [7, 11) is 0. The van der Waals surface area contributed by atoms with Crippen LogP contribution in [0.4, 0.5) is 17.6 Å². The van der Waals surface area contributed by atoms with Crippen LogP contribution in [0.25, 0.3) is 10.8 Å². The summed E-state index contributed by atoms with van der Waals surface area (Å²) in [6.45, 7) is 5.02. The van der Waals surface area contributed by atoms with Crippen molar-refractivity contribution in [3.05, 3.63) is 95.1 Å². The van der Waals surface area contributed by atoms with Gasteiger partial charge in [-0.1, -0.05) is 36.4 Å². The van der Waals surface area contributed by atoms with Crippen LogP contribution in [-0.2, 0) is 33.5 Å². The Morgan fingerprint density at radius 1 is 0.853 bits per heavy atom. The fraction of sp³-hybridized carbons (Fsp3) is 0.333. The first-order valence-electron chi connectivity index (χ1n) is 11.2. The van der Waals surface area contributed by atoms with Gasteiger partial charge in [0, 0.05) is 11.8 Å². The molecule has 0 unspecified atom stereocenters. The first kappa shape index (κ1) is 24.4. The maximum Gasteiger partial charge on any atom is 0.194 e. The molecular formula is C27H26F4O3. The lowest BCUT2D eigenvalue weighted by Gasteiger charge is -2.29. The van der Waals surface area contributed by atoms with Crippen LogP contribution in [0.3, 0.4) is 0 Å². The Balaban J connectivity index is 1.36. The van der Waals surface area contributed by atoms with Gasteiger partial charge in [-0.3, -0.25) is 0 Å². The van der Waals surface area contributed by atoms with Crippen molar-refractivity contribution >= 4 is 10.8 Å². The highest BCUT2D eigenvalue weighted by molar-refractivity contribution is 5.84. The molecule has 1 aliphatic rings. The molecule has 34 heavy (non-hydrogen) atoms. The maximum atomic E-state index is 15.1. The second-order valence-corrected chi connectivity index (χ2v) is 8.35.